The summed E-state index contributed by atoms with van der Waals surface area (Å²) in [6.07, 6.45) is 2.99. The minimum Gasteiger partial charge on any atom is -0.462 e. The number of carbonyl (C=O) groups excluding carboxylic acids is 2. The molecule has 1 aromatic rings. The lowest BCUT2D eigenvalue weighted by Crippen LogP contribution is -2.38. The van der Waals surface area contributed by atoms with Gasteiger partial charge in [0.2, 0.25) is 0 Å². The molecule has 0 saturated heterocycles. The van der Waals surface area contributed by atoms with E-state index in [9.17, 15) is 9.59 Å². The number of ketones is 1. The summed E-state index contributed by atoms with van der Waals surface area (Å²) in [5.41, 5.74) is 3.57. The standard InChI is InChI=1S/C23H28ClNO3/c1-5-6-10-28-22(27)19-14(2)25-17-12-23(3,4)13-18(26)21(17)20(19)15-8-7-9-16(24)11-15/h7-9,11,20,25H,5-6,10,12-13H2,1-4H3/t20-/m0/s1. The number of ether oxygens (including phenoxy) is 1. The predicted molar refractivity (Wildman–Crippen MR) is 111 cm³/mol. The van der Waals surface area contributed by atoms with Crippen LogP contribution in [0.1, 0.15) is 64.9 Å². The number of unbranched alkanes of at least 4 members (excludes halogenated alkanes) is 1. The van der Waals surface area contributed by atoms with Crippen LogP contribution in [0.15, 0.2) is 46.8 Å². The fourth-order valence-corrected chi connectivity index (χ4v) is 4.31. The van der Waals surface area contributed by atoms with Gasteiger partial charge < -0.3 is 10.1 Å². The Labute approximate surface area is 172 Å². The minimum atomic E-state index is -0.451. The number of Topliss-reactive ketones (excluding diaryl/α,β-unsaturated/α-hetero) is 1. The van der Waals surface area contributed by atoms with E-state index < -0.39 is 5.92 Å². The number of rotatable bonds is 5. The lowest BCUT2D eigenvalue weighted by Gasteiger charge is -2.39. The zero-order valence-corrected chi connectivity index (χ0v) is 17.8. The van der Waals surface area contributed by atoms with Crippen molar-refractivity contribution in [3.05, 3.63) is 57.4 Å². The number of esters is 1. The van der Waals surface area contributed by atoms with Crippen molar-refractivity contribution in [2.75, 3.05) is 6.61 Å². The second-order valence-corrected chi connectivity index (χ2v) is 8.91. The molecule has 0 spiro atoms. The van der Waals surface area contributed by atoms with Gasteiger partial charge in [0.1, 0.15) is 0 Å². The fraction of sp³-hybridized carbons (Fsp3) is 0.478. The van der Waals surface area contributed by atoms with Crippen LogP contribution in [0, 0.1) is 5.41 Å². The van der Waals surface area contributed by atoms with Gasteiger partial charge in [-0.2, -0.15) is 0 Å². The first kappa shape index (κ1) is 20.7. The number of nitrogens with one attached hydrogen (secondary N) is 1. The van der Waals surface area contributed by atoms with E-state index in [-0.39, 0.29) is 17.2 Å². The Kier molecular flexibility index (Phi) is 5.99. The van der Waals surface area contributed by atoms with Crippen molar-refractivity contribution in [3.63, 3.8) is 0 Å². The molecule has 0 radical (unpaired) electrons. The second-order valence-electron chi connectivity index (χ2n) is 8.47. The van der Waals surface area contributed by atoms with Gasteiger partial charge in [0.15, 0.2) is 5.78 Å². The molecule has 28 heavy (non-hydrogen) atoms. The lowest BCUT2D eigenvalue weighted by molar-refractivity contribution is -0.139. The molecule has 1 aliphatic heterocycles. The van der Waals surface area contributed by atoms with Crippen LogP contribution in [0.5, 0.6) is 0 Å². The molecule has 0 saturated carbocycles. The second kappa shape index (κ2) is 8.12. The monoisotopic (exact) mass is 401 g/mol. The van der Waals surface area contributed by atoms with Crippen molar-refractivity contribution in [1.82, 2.24) is 5.32 Å². The van der Waals surface area contributed by atoms with E-state index >= 15 is 0 Å². The minimum absolute atomic E-state index is 0.0788. The van der Waals surface area contributed by atoms with E-state index in [1.54, 1.807) is 6.07 Å². The van der Waals surface area contributed by atoms with E-state index in [0.29, 0.717) is 29.2 Å². The van der Waals surface area contributed by atoms with Gasteiger partial charge in [-0.15, -0.1) is 0 Å². The Hall–Kier alpha value is -2.07. The highest BCUT2D eigenvalue weighted by Crippen LogP contribution is 2.47. The van der Waals surface area contributed by atoms with Crippen molar-refractivity contribution in [2.45, 2.75) is 59.3 Å². The van der Waals surface area contributed by atoms with Crippen LogP contribution in [0.25, 0.3) is 0 Å². The van der Waals surface area contributed by atoms with E-state index in [1.165, 1.54) is 0 Å². The third kappa shape index (κ3) is 4.17. The number of benzene rings is 1. The van der Waals surface area contributed by atoms with Gasteiger partial charge in [-0.05, 0) is 42.9 Å². The average molecular weight is 402 g/mol. The van der Waals surface area contributed by atoms with Crippen LogP contribution >= 0.6 is 11.6 Å². The number of halogens is 1. The molecule has 5 heteroatoms. The van der Waals surface area contributed by atoms with Crippen molar-refractivity contribution >= 4 is 23.4 Å². The highest BCUT2D eigenvalue weighted by Gasteiger charge is 2.43. The summed E-state index contributed by atoms with van der Waals surface area (Å²) >= 11 is 6.24. The van der Waals surface area contributed by atoms with Crippen LogP contribution in [0.4, 0.5) is 0 Å². The number of dihydropyridines is 1. The highest BCUT2D eigenvalue weighted by molar-refractivity contribution is 6.30. The van der Waals surface area contributed by atoms with Gasteiger partial charge in [-0.3, -0.25) is 4.79 Å². The van der Waals surface area contributed by atoms with Crippen LogP contribution in [0.3, 0.4) is 0 Å². The topological polar surface area (TPSA) is 55.4 Å². The van der Waals surface area contributed by atoms with E-state index in [1.807, 2.05) is 25.1 Å². The normalized spacial score (nSPS) is 21.3. The first-order chi connectivity index (χ1) is 13.2. The summed E-state index contributed by atoms with van der Waals surface area (Å²) in [5.74, 6) is -0.740. The first-order valence-electron chi connectivity index (χ1n) is 9.90. The maximum Gasteiger partial charge on any atom is 0.336 e. The SMILES string of the molecule is CCCCOC(=O)C1=C(C)NC2=C(C(=O)CC(C)(C)C2)[C@H]1c1cccc(Cl)c1. The molecule has 3 rings (SSSR count). The van der Waals surface area contributed by atoms with Crippen LogP contribution < -0.4 is 5.32 Å². The molecule has 1 atom stereocenters. The highest BCUT2D eigenvalue weighted by atomic mass is 35.5. The quantitative estimate of drug-likeness (QED) is 0.538. The number of carbonyl (C=O) groups is 2. The third-order valence-electron chi connectivity index (χ3n) is 5.37. The fourth-order valence-electron chi connectivity index (χ4n) is 4.11. The summed E-state index contributed by atoms with van der Waals surface area (Å²) in [5, 5.41) is 3.93. The average Bonchev–Trinajstić information content (AvgIpc) is 2.59. The largest absolute Gasteiger partial charge is 0.462 e. The summed E-state index contributed by atoms with van der Waals surface area (Å²) < 4.78 is 5.53. The van der Waals surface area contributed by atoms with Gasteiger partial charge in [0.05, 0.1) is 12.2 Å². The van der Waals surface area contributed by atoms with Crippen molar-refractivity contribution in [3.8, 4) is 0 Å². The van der Waals surface area contributed by atoms with Crippen molar-refractivity contribution in [2.24, 2.45) is 5.41 Å². The van der Waals surface area contributed by atoms with Gasteiger partial charge in [-0.1, -0.05) is 50.9 Å². The van der Waals surface area contributed by atoms with Crippen LogP contribution in [-0.4, -0.2) is 18.4 Å². The molecule has 1 aliphatic carbocycles. The number of allylic oxidation sites excluding steroid dienone is 3. The van der Waals surface area contributed by atoms with Crippen molar-refractivity contribution in [1.29, 1.82) is 0 Å². The predicted octanol–water partition coefficient (Wildman–Crippen LogP) is 5.29. The molecule has 0 unspecified atom stereocenters. The maximum atomic E-state index is 13.1. The van der Waals surface area contributed by atoms with E-state index in [2.05, 4.69) is 26.1 Å². The van der Waals surface area contributed by atoms with Crippen LogP contribution in [0.2, 0.25) is 5.02 Å². The molecule has 4 nitrogen and oxygen atoms in total. The molecule has 0 aromatic heterocycles. The molecule has 1 aromatic carbocycles. The molecule has 0 fully saturated rings. The molecule has 2 aliphatic rings. The van der Waals surface area contributed by atoms with Gasteiger partial charge in [-0.25, -0.2) is 4.79 Å². The Balaban J connectivity index is 2.09. The maximum absolute atomic E-state index is 13.1. The van der Waals surface area contributed by atoms with Gasteiger partial charge in [0.25, 0.3) is 0 Å². The number of hydrogen-bond acceptors (Lipinski definition) is 4. The lowest BCUT2D eigenvalue weighted by atomic mass is 9.68. The van der Waals surface area contributed by atoms with Gasteiger partial charge in [0, 0.05) is 34.3 Å². The summed E-state index contributed by atoms with van der Waals surface area (Å²) in [6.45, 7) is 8.50. The van der Waals surface area contributed by atoms with Crippen LogP contribution in [-0.2, 0) is 14.3 Å². The Morgan fingerprint density at radius 2 is 2.07 bits per heavy atom. The van der Waals surface area contributed by atoms with Gasteiger partial charge >= 0.3 is 5.97 Å². The molecule has 1 heterocycles. The van der Waals surface area contributed by atoms with Crippen molar-refractivity contribution < 1.29 is 14.3 Å². The summed E-state index contributed by atoms with van der Waals surface area (Å²) in [6, 6.07) is 7.41. The molecule has 0 bridgehead atoms. The molecule has 150 valence electrons. The molecule has 1 N–H and O–H groups in total. The first-order valence-corrected chi connectivity index (χ1v) is 10.3. The summed E-state index contributed by atoms with van der Waals surface area (Å²) in [7, 11) is 0. The zero-order chi connectivity index (χ0) is 20.5. The zero-order valence-electron chi connectivity index (χ0n) is 17.0. The Morgan fingerprint density at radius 3 is 2.75 bits per heavy atom. The van der Waals surface area contributed by atoms with E-state index in [4.69, 9.17) is 16.3 Å². The molecular formula is C23H28ClNO3. The smallest absolute Gasteiger partial charge is 0.336 e. The Bertz CT molecular complexity index is 866. The summed E-state index contributed by atoms with van der Waals surface area (Å²) in [4.78, 5) is 26.1. The third-order valence-corrected chi connectivity index (χ3v) is 5.61. The Morgan fingerprint density at radius 1 is 1.32 bits per heavy atom. The number of hydrogen-bond donors (Lipinski definition) is 1. The molecule has 0 amide bonds. The molecular weight excluding hydrogens is 374 g/mol. The van der Waals surface area contributed by atoms with E-state index in [0.717, 1.165) is 36.2 Å².